The van der Waals surface area contributed by atoms with Crippen LogP contribution < -0.4 is 10.2 Å². The van der Waals surface area contributed by atoms with E-state index in [4.69, 9.17) is 0 Å². The molecule has 27 heavy (non-hydrogen) atoms. The highest BCUT2D eigenvalue weighted by molar-refractivity contribution is 14.0. The second-order valence-corrected chi connectivity index (χ2v) is 8.41. The van der Waals surface area contributed by atoms with Gasteiger partial charge in [-0.3, -0.25) is 4.99 Å². The van der Waals surface area contributed by atoms with Crippen molar-refractivity contribution in [1.82, 2.24) is 15.1 Å². The molecule has 2 aliphatic heterocycles. The second kappa shape index (κ2) is 12.1. The van der Waals surface area contributed by atoms with Crippen molar-refractivity contribution in [2.24, 2.45) is 4.99 Å². The van der Waals surface area contributed by atoms with Gasteiger partial charge in [-0.05, 0) is 63.2 Å². The van der Waals surface area contributed by atoms with Crippen molar-refractivity contribution in [1.29, 1.82) is 0 Å². The van der Waals surface area contributed by atoms with Gasteiger partial charge in [-0.2, -0.15) is 0 Å². The zero-order chi connectivity index (χ0) is 18.2. The van der Waals surface area contributed by atoms with E-state index in [1.165, 1.54) is 50.2 Å². The minimum Gasteiger partial charge on any atom is -0.360 e. The number of anilines is 1. The molecule has 7 heteroatoms. The number of halogens is 1. The summed E-state index contributed by atoms with van der Waals surface area (Å²) in [6.45, 7) is 10.2. The lowest BCUT2D eigenvalue weighted by Gasteiger charge is -2.37. The summed E-state index contributed by atoms with van der Waals surface area (Å²) in [7, 11) is 1.91. The number of piperazine rings is 1. The number of hydrogen-bond acceptors (Lipinski definition) is 4. The van der Waals surface area contributed by atoms with Gasteiger partial charge in [-0.15, -0.1) is 35.3 Å². The van der Waals surface area contributed by atoms with Crippen LogP contribution in [0.2, 0.25) is 0 Å². The van der Waals surface area contributed by atoms with Gasteiger partial charge >= 0.3 is 0 Å². The number of piperidine rings is 1. The summed E-state index contributed by atoms with van der Waals surface area (Å²) in [5.74, 6) is 1.07. The minimum atomic E-state index is 0. The monoisotopic (exact) mass is 505 g/mol. The summed E-state index contributed by atoms with van der Waals surface area (Å²) in [4.78, 5) is 12.1. The van der Waals surface area contributed by atoms with Gasteiger partial charge in [0.15, 0.2) is 5.96 Å². The maximum absolute atomic E-state index is 4.50. The molecule has 1 aromatic heterocycles. The number of thiophene rings is 1. The van der Waals surface area contributed by atoms with Gasteiger partial charge < -0.3 is 20.0 Å². The van der Waals surface area contributed by atoms with Gasteiger partial charge in [0.05, 0.1) is 5.00 Å². The van der Waals surface area contributed by atoms with Gasteiger partial charge in [0.2, 0.25) is 0 Å². The van der Waals surface area contributed by atoms with Gasteiger partial charge in [-0.1, -0.05) is 6.42 Å². The first-order valence-corrected chi connectivity index (χ1v) is 11.1. The highest BCUT2D eigenvalue weighted by Crippen LogP contribution is 2.22. The lowest BCUT2D eigenvalue weighted by Crippen LogP contribution is -2.52. The Hall–Kier alpha value is -0.540. The number of hydrogen-bond donors (Lipinski definition) is 1. The van der Waals surface area contributed by atoms with E-state index in [9.17, 15) is 0 Å². The third kappa shape index (κ3) is 6.78. The number of rotatable bonds is 6. The van der Waals surface area contributed by atoms with Crippen molar-refractivity contribution < 1.29 is 0 Å². The van der Waals surface area contributed by atoms with Crippen molar-refractivity contribution in [3.63, 3.8) is 0 Å². The highest BCUT2D eigenvalue weighted by Gasteiger charge is 2.20. The highest BCUT2D eigenvalue weighted by atomic mass is 127. The van der Waals surface area contributed by atoms with Crippen LogP contribution in [-0.2, 0) is 0 Å². The van der Waals surface area contributed by atoms with Crippen molar-refractivity contribution in [3.8, 4) is 0 Å². The van der Waals surface area contributed by atoms with Crippen LogP contribution in [0.3, 0.4) is 0 Å². The summed E-state index contributed by atoms with van der Waals surface area (Å²) in [5, 5.41) is 7.13. The number of likely N-dealkylation sites (tertiary alicyclic amines) is 1. The van der Waals surface area contributed by atoms with Crippen LogP contribution in [0.4, 0.5) is 5.00 Å². The molecule has 5 nitrogen and oxygen atoms in total. The SMILES string of the molecule is CN=C(NCCCCN1CCCCC1C)N1CCN(c2cccs2)CC1.I. The third-order valence-corrected chi connectivity index (χ3v) is 6.63. The van der Waals surface area contributed by atoms with Crippen molar-refractivity contribution in [2.45, 2.75) is 45.1 Å². The Morgan fingerprint density at radius 1 is 1.19 bits per heavy atom. The van der Waals surface area contributed by atoms with Crippen LogP contribution in [0, 0.1) is 0 Å². The first-order chi connectivity index (χ1) is 12.8. The smallest absolute Gasteiger partial charge is 0.193 e. The Labute approximate surface area is 186 Å². The molecule has 3 heterocycles. The Balaban J connectivity index is 0.00000261. The third-order valence-electron chi connectivity index (χ3n) is 5.70. The van der Waals surface area contributed by atoms with E-state index < -0.39 is 0 Å². The fraction of sp³-hybridized carbons (Fsp3) is 0.750. The van der Waals surface area contributed by atoms with Crippen LogP contribution in [-0.4, -0.2) is 74.7 Å². The molecule has 2 fully saturated rings. The van der Waals surface area contributed by atoms with Gasteiger partial charge in [0.1, 0.15) is 0 Å². The molecule has 0 bridgehead atoms. The Kier molecular flexibility index (Phi) is 10.2. The normalized spacial score (nSPS) is 21.9. The van der Waals surface area contributed by atoms with E-state index in [0.29, 0.717) is 0 Å². The molecule has 0 saturated carbocycles. The lowest BCUT2D eigenvalue weighted by atomic mass is 10.0. The van der Waals surface area contributed by atoms with Gasteiger partial charge in [0, 0.05) is 45.8 Å². The standard InChI is InChI=1S/C20H35N5S.HI/c1-18-8-3-5-11-23(18)12-6-4-10-22-20(21-2)25-15-13-24(14-16-25)19-9-7-17-26-19;/h7,9,17-18H,3-6,8,10-16H2,1-2H3,(H,21,22);1H. The van der Waals surface area contributed by atoms with Gasteiger partial charge in [-0.25, -0.2) is 0 Å². The molecule has 0 aliphatic carbocycles. The van der Waals surface area contributed by atoms with E-state index in [0.717, 1.165) is 44.7 Å². The zero-order valence-electron chi connectivity index (χ0n) is 16.9. The maximum atomic E-state index is 4.50. The number of unbranched alkanes of at least 4 members (excludes halogenated alkanes) is 1. The predicted octanol–water partition coefficient (Wildman–Crippen LogP) is 3.72. The summed E-state index contributed by atoms with van der Waals surface area (Å²) < 4.78 is 0. The minimum absolute atomic E-state index is 0. The van der Waals surface area contributed by atoms with E-state index >= 15 is 0 Å². The molecule has 1 atom stereocenters. The first-order valence-electron chi connectivity index (χ1n) is 10.3. The molecule has 1 unspecified atom stereocenters. The molecule has 2 aliphatic rings. The Morgan fingerprint density at radius 3 is 2.67 bits per heavy atom. The van der Waals surface area contributed by atoms with Crippen LogP contribution in [0.25, 0.3) is 0 Å². The van der Waals surface area contributed by atoms with Crippen LogP contribution in [0.15, 0.2) is 22.5 Å². The molecular formula is C20H36IN5S. The van der Waals surface area contributed by atoms with E-state index in [1.54, 1.807) is 0 Å². The molecule has 154 valence electrons. The summed E-state index contributed by atoms with van der Waals surface area (Å²) in [6.07, 6.45) is 6.67. The zero-order valence-corrected chi connectivity index (χ0v) is 20.0. The van der Waals surface area contributed by atoms with Crippen LogP contribution in [0.1, 0.15) is 39.0 Å². The topological polar surface area (TPSA) is 34.1 Å². The van der Waals surface area contributed by atoms with Crippen molar-refractivity contribution in [2.75, 3.05) is 57.8 Å². The average Bonchev–Trinajstić information content (AvgIpc) is 3.21. The summed E-state index contributed by atoms with van der Waals surface area (Å²) in [6, 6.07) is 5.14. The fourth-order valence-electron chi connectivity index (χ4n) is 4.05. The molecule has 0 radical (unpaired) electrons. The van der Waals surface area contributed by atoms with E-state index in [2.05, 4.69) is 49.4 Å². The van der Waals surface area contributed by atoms with Gasteiger partial charge in [0.25, 0.3) is 0 Å². The van der Waals surface area contributed by atoms with Crippen LogP contribution >= 0.6 is 35.3 Å². The maximum Gasteiger partial charge on any atom is 0.193 e. The summed E-state index contributed by atoms with van der Waals surface area (Å²) in [5.41, 5.74) is 0. The molecular weight excluding hydrogens is 469 g/mol. The Morgan fingerprint density at radius 2 is 2.00 bits per heavy atom. The average molecular weight is 506 g/mol. The molecule has 0 aromatic carbocycles. The number of nitrogens with zero attached hydrogens (tertiary/aromatic N) is 4. The number of aliphatic imine (C=N–C) groups is 1. The van der Waals surface area contributed by atoms with E-state index in [1.807, 2.05) is 18.4 Å². The van der Waals surface area contributed by atoms with E-state index in [-0.39, 0.29) is 24.0 Å². The molecule has 1 N–H and O–H groups in total. The first kappa shape index (κ1) is 22.7. The molecule has 0 amide bonds. The number of guanidine groups is 1. The second-order valence-electron chi connectivity index (χ2n) is 7.49. The molecule has 0 spiro atoms. The van der Waals surface area contributed by atoms with Crippen molar-refractivity contribution >= 4 is 46.3 Å². The number of nitrogens with one attached hydrogen (secondary N) is 1. The van der Waals surface area contributed by atoms with Crippen LogP contribution in [0.5, 0.6) is 0 Å². The predicted molar refractivity (Wildman–Crippen MR) is 129 cm³/mol. The molecule has 2 saturated heterocycles. The molecule has 1 aromatic rings. The summed E-state index contributed by atoms with van der Waals surface area (Å²) >= 11 is 1.83. The largest absolute Gasteiger partial charge is 0.360 e. The fourth-order valence-corrected chi connectivity index (χ4v) is 4.84. The quantitative estimate of drug-likeness (QED) is 0.277. The lowest BCUT2D eigenvalue weighted by molar-refractivity contribution is 0.158. The Bertz CT molecular complexity index is 543. The van der Waals surface area contributed by atoms with Crippen molar-refractivity contribution in [3.05, 3.63) is 17.5 Å². The molecule has 3 rings (SSSR count).